The zero-order chi connectivity index (χ0) is 63.1. The van der Waals surface area contributed by atoms with Gasteiger partial charge in [-0.1, -0.05) is 23.7 Å². The van der Waals surface area contributed by atoms with E-state index in [1.807, 2.05) is 17.0 Å². The molecule has 36 heteroatoms. The molecule has 0 fully saturated rings. The number of nitrogens with zero attached hydrogens (tertiary/aromatic N) is 10. The van der Waals surface area contributed by atoms with Gasteiger partial charge in [-0.05, 0) is 84.9 Å². The van der Waals surface area contributed by atoms with E-state index >= 15 is 0 Å². The second-order valence-corrected chi connectivity index (χ2v) is 18.4. The molecule has 0 unspecified atom stereocenters. The number of pyridine rings is 2. The number of nitrogens with two attached hydrogens (primary N) is 1. The van der Waals surface area contributed by atoms with Crippen LogP contribution in [0.2, 0.25) is 5.02 Å². The van der Waals surface area contributed by atoms with Crippen LogP contribution >= 0.6 is 11.6 Å². The Hall–Kier alpha value is -9.82. The summed E-state index contributed by atoms with van der Waals surface area (Å²) in [6.45, 7) is 0.942. The SMILES string of the molecule is Nc1ccc(N(CCO)CCO)cc1.O=S(=O)(O)O.O=[N+]([O-])c1cc([N+](=O)[O-])c(Nc2c(OCCO)nn3ccccc23)cc1Cl.O=[N+]([O-])c1cc([N+](=O)[O-])c(Nc2c(OCCO)nn3ccccc23)cc1Nc1ccc(N(CCO)CCO)cc1. The number of hydrogen-bond donors (Lipinski definition) is 12. The highest BCUT2D eigenvalue weighted by atomic mass is 35.5. The van der Waals surface area contributed by atoms with Crippen molar-refractivity contribution >= 4 is 107 Å². The second kappa shape index (κ2) is 32.3. The van der Waals surface area contributed by atoms with E-state index < -0.39 is 52.8 Å². The summed E-state index contributed by atoms with van der Waals surface area (Å²) in [5.41, 5.74) is 7.72. The van der Waals surface area contributed by atoms with Gasteiger partial charge < -0.3 is 71.6 Å². The summed E-state index contributed by atoms with van der Waals surface area (Å²) < 4.78 is 45.5. The van der Waals surface area contributed by atoms with E-state index in [0.29, 0.717) is 48.6 Å². The molecule has 0 amide bonds. The van der Waals surface area contributed by atoms with Crippen LogP contribution in [0.4, 0.5) is 73.9 Å². The summed E-state index contributed by atoms with van der Waals surface area (Å²) in [5.74, 6) is 0.173. The van der Waals surface area contributed by atoms with E-state index in [2.05, 4.69) is 26.1 Å². The highest BCUT2D eigenvalue weighted by Crippen LogP contribution is 2.43. The largest absolute Gasteiger partial charge is 0.473 e. The number of hydrogen-bond acceptors (Lipinski definition) is 26. The van der Waals surface area contributed by atoms with Gasteiger partial charge in [0.05, 0.1) is 82.5 Å². The van der Waals surface area contributed by atoms with Crippen molar-refractivity contribution in [2.45, 2.75) is 0 Å². The molecule has 4 aromatic heterocycles. The third-order valence-electron chi connectivity index (χ3n) is 11.4. The first-order valence-corrected chi connectivity index (χ1v) is 26.7. The van der Waals surface area contributed by atoms with E-state index in [-0.39, 0.29) is 98.1 Å². The van der Waals surface area contributed by atoms with Crippen LogP contribution in [0, 0.1) is 40.5 Å². The Morgan fingerprint density at radius 1 is 0.523 bits per heavy atom. The molecule has 0 bridgehead atoms. The first-order chi connectivity index (χ1) is 41.0. The Bertz CT molecular complexity index is 3670. The number of aromatic nitrogens is 4. The van der Waals surface area contributed by atoms with Crippen LogP contribution in [0.5, 0.6) is 11.8 Å². The predicted molar refractivity (Wildman–Crippen MR) is 314 cm³/mol. The molecule has 0 spiro atoms. The summed E-state index contributed by atoms with van der Waals surface area (Å²) >= 11 is 5.89. The summed E-state index contributed by atoms with van der Waals surface area (Å²) in [4.78, 5) is 46.8. The van der Waals surface area contributed by atoms with E-state index in [1.165, 1.54) is 15.1 Å². The van der Waals surface area contributed by atoms with Crippen molar-refractivity contribution in [3.8, 4) is 11.8 Å². The second-order valence-electron chi connectivity index (χ2n) is 17.1. The van der Waals surface area contributed by atoms with Gasteiger partial charge >= 0.3 is 10.4 Å². The number of nitro benzene ring substituents is 4. The summed E-state index contributed by atoms with van der Waals surface area (Å²) in [7, 11) is -4.67. The van der Waals surface area contributed by atoms with Crippen LogP contribution in [-0.2, 0) is 10.4 Å². The summed E-state index contributed by atoms with van der Waals surface area (Å²) in [6, 6.07) is 28.4. The number of aliphatic hydroxyl groups is 6. The fourth-order valence-corrected chi connectivity index (χ4v) is 8.02. The third-order valence-corrected chi connectivity index (χ3v) is 11.7. The van der Waals surface area contributed by atoms with E-state index in [4.69, 9.17) is 59.7 Å². The molecular formula is C50H57ClN14O20S. The van der Waals surface area contributed by atoms with Gasteiger partial charge in [-0.2, -0.15) is 8.42 Å². The number of halogens is 1. The van der Waals surface area contributed by atoms with Crippen molar-refractivity contribution < 1.29 is 77.3 Å². The predicted octanol–water partition coefficient (Wildman–Crippen LogP) is 5.13. The van der Waals surface area contributed by atoms with Gasteiger partial charge in [-0.25, -0.2) is 9.03 Å². The zero-order valence-electron chi connectivity index (χ0n) is 44.8. The first kappa shape index (κ1) is 67.0. The molecule has 4 heterocycles. The number of nitro groups is 4. The number of rotatable bonds is 26. The molecule has 0 aliphatic carbocycles. The summed E-state index contributed by atoms with van der Waals surface area (Å²) in [5, 5.41) is 117. The fraction of sp³-hybridized carbons (Fsp3) is 0.240. The lowest BCUT2D eigenvalue weighted by atomic mass is 10.1. The van der Waals surface area contributed by atoms with Crippen molar-refractivity contribution in [3.05, 3.63) is 167 Å². The number of nitrogen functional groups attached to an aromatic ring is 1. The fourth-order valence-electron chi connectivity index (χ4n) is 7.79. The van der Waals surface area contributed by atoms with Gasteiger partial charge in [-0.3, -0.25) is 49.6 Å². The van der Waals surface area contributed by atoms with Crippen molar-refractivity contribution in [1.29, 1.82) is 0 Å². The standard InChI is InChI=1S/C25H27N7O8.C15H12ClN5O6.C10H16N2O2.H2O4S/c33-11-9-29(10-12-34)18-6-4-17(5-7-18)26-19-15-20(23(32(38)39)16-22(19)31(36)37)27-24-21-3-1-2-8-30(21)28-25(24)40-14-13-35;16-9-7-10(13(21(25)26)8-12(9)20(23)24)17-14-11-3-1-2-4-19(11)18-15(14)27-6-5-22;11-9-1-3-10(4-2-9)12(5-7-13)6-8-14;1-5(2,3)4/h1-8,15-16,26-27,33-35H,9-14H2;1-4,7-8,17,22H,5-6H2;1-4,13-14H,5-8,11H2;(H2,1,2,3,4). The van der Waals surface area contributed by atoms with Crippen LogP contribution in [0.25, 0.3) is 11.0 Å². The van der Waals surface area contributed by atoms with E-state index in [1.54, 1.807) is 90.1 Å². The van der Waals surface area contributed by atoms with Gasteiger partial charge in [0, 0.05) is 61.3 Å². The molecule has 0 saturated heterocycles. The molecule has 4 aromatic carbocycles. The minimum absolute atomic E-state index is 0.0114. The molecule has 34 nitrogen and oxygen atoms in total. The number of fused-ring (bicyclic) bond motifs is 2. The number of nitrogens with one attached hydrogen (secondary N) is 3. The van der Waals surface area contributed by atoms with E-state index in [9.17, 15) is 55.8 Å². The van der Waals surface area contributed by atoms with Gasteiger partial charge in [-0.15, -0.1) is 10.2 Å². The Labute approximate surface area is 491 Å². The lowest BCUT2D eigenvalue weighted by Gasteiger charge is -2.23. The minimum atomic E-state index is -4.67. The Kier molecular flexibility index (Phi) is 25.2. The van der Waals surface area contributed by atoms with Crippen LogP contribution in [0.1, 0.15) is 0 Å². The molecule has 0 atom stereocenters. The lowest BCUT2D eigenvalue weighted by Crippen LogP contribution is -2.29. The van der Waals surface area contributed by atoms with Crippen molar-refractivity contribution in [2.75, 3.05) is 111 Å². The molecule has 0 aliphatic heterocycles. The van der Waals surface area contributed by atoms with Crippen LogP contribution in [-0.4, -0.2) is 166 Å². The van der Waals surface area contributed by atoms with Crippen LogP contribution in [0.3, 0.4) is 0 Å². The highest BCUT2D eigenvalue weighted by Gasteiger charge is 2.28. The smallest absolute Gasteiger partial charge is 0.394 e. The van der Waals surface area contributed by atoms with Crippen molar-refractivity contribution in [3.63, 3.8) is 0 Å². The minimum Gasteiger partial charge on any atom is -0.473 e. The zero-order valence-corrected chi connectivity index (χ0v) is 46.4. The lowest BCUT2D eigenvalue weighted by molar-refractivity contribution is -0.393. The topological polar surface area (TPSA) is 490 Å². The Balaban J connectivity index is 0.000000251. The molecule has 86 heavy (non-hydrogen) atoms. The highest BCUT2D eigenvalue weighted by molar-refractivity contribution is 7.79. The van der Waals surface area contributed by atoms with Gasteiger partial charge in [0.15, 0.2) is 0 Å². The van der Waals surface area contributed by atoms with Crippen LogP contribution < -0.4 is 41.0 Å². The average molecular weight is 1240 g/mol. The third kappa shape index (κ3) is 19.1. The molecule has 8 rings (SSSR count). The van der Waals surface area contributed by atoms with Gasteiger partial charge in [0.1, 0.15) is 46.7 Å². The quantitative estimate of drug-likeness (QED) is 0.0145. The van der Waals surface area contributed by atoms with Crippen LogP contribution in [0.15, 0.2) is 122 Å². The Morgan fingerprint density at radius 2 is 0.884 bits per heavy atom. The maximum absolute atomic E-state index is 11.9. The number of anilines is 9. The molecule has 0 saturated carbocycles. The number of aliphatic hydroxyl groups excluding tert-OH is 6. The van der Waals surface area contributed by atoms with Gasteiger partial charge in [0.2, 0.25) is 0 Å². The average Bonchev–Trinajstić information content (AvgIpc) is 1.72. The first-order valence-electron chi connectivity index (χ1n) is 25.0. The molecule has 460 valence electrons. The number of benzene rings is 4. The maximum atomic E-state index is 11.9. The normalized spacial score (nSPS) is 10.8. The molecule has 0 radical (unpaired) electrons. The maximum Gasteiger partial charge on any atom is 0.394 e. The van der Waals surface area contributed by atoms with Gasteiger partial charge in [0.25, 0.3) is 34.5 Å². The molecular weight excluding hydrogens is 1180 g/mol. The monoisotopic (exact) mass is 1240 g/mol. The molecule has 13 N–H and O–H groups in total. The van der Waals surface area contributed by atoms with E-state index in [0.717, 1.165) is 29.6 Å². The molecule has 0 aliphatic rings. The van der Waals surface area contributed by atoms with Crippen molar-refractivity contribution in [1.82, 2.24) is 19.2 Å². The Morgan fingerprint density at radius 3 is 1.26 bits per heavy atom. The summed E-state index contributed by atoms with van der Waals surface area (Å²) in [6.07, 6.45) is 3.29. The van der Waals surface area contributed by atoms with Crippen molar-refractivity contribution in [2.24, 2.45) is 0 Å². The molecule has 8 aromatic rings. The number of ether oxygens (including phenoxy) is 2.